The standard InChI is InChI=1S/C12H20O6/c1-4-9(2)12(15)18-7-5-6-17-11(14)8-10(13)16-3/h9H,4-8H2,1-3H3. The molecule has 6 heteroatoms. The van der Waals surface area contributed by atoms with Gasteiger partial charge in [-0.15, -0.1) is 0 Å². The monoisotopic (exact) mass is 260 g/mol. The highest BCUT2D eigenvalue weighted by molar-refractivity contribution is 5.91. The van der Waals surface area contributed by atoms with Crippen molar-refractivity contribution in [3.8, 4) is 0 Å². The van der Waals surface area contributed by atoms with E-state index in [0.717, 1.165) is 6.42 Å². The third-order valence-electron chi connectivity index (χ3n) is 2.33. The number of hydrogen-bond acceptors (Lipinski definition) is 6. The van der Waals surface area contributed by atoms with Gasteiger partial charge in [-0.2, -0.15) is 0 Å². The lowest BCUT2D eigenvalue weighted by Crippen LogP contribution is -2.17. The largest absolute Gasteiger partial charge is 0.469 e. The Hall–Kier alpha value is -1.59. The first-order valence-corrected chi connectivity index (χ1v) is 5.90. The second kappa shape index (κ2) is 9.44. The van der Waals surface area contributed by atoms with Gasteiger partial charge in [0.1, 0.15) is 6.42 Å². The SMILES string of the molecule is CCC(C)C(=O)OCCCOC(=O)CC(=O)OC. The Morgan fingerprint density at radius 2 is 1.67 bits per heavy atom. The summed E-state index contributed by atoms with van der Waals surface area (Å²) in [6.45, 7) is 4.01. The molecule has 0 radical (unpaired) electrons. The predicted molar refractivity (Wildman–Crippen MR) is 62.6 cm³/mol. The van der Waals surface area contributed by atoms with Gasteiger partial charge in [-0.25, -0.2) is 0 Å². The molecule has 6 nitrogen and oxygen atoms in total. The highest BCUT2D eigenvalue weighted by atomic mass is 16.6. The number of methoxy groups -OCH3 is 1. The van der Waals surface area contributed by atoms with Crippen molar-refractivity contribution < 1.29 is 28.6 Å². The van der Waals surface area contributed by atoms with Crippen molar-refractivity contribution in [2.75, 3.05) is 20.3 Å². The molecule has 0 fully saturated rings. The van der Waals surface area contributed by atoms with Crippen LogP contribution < -0.4 is 0 Å². The first-order chi connectivity index (χ1) is 8.51. The molecule has 0 N–H and O–H groups in total. The molecular weight excluding hydrogens is 240 g/mol. The number of esters is 3. The fourth-order valence-corrected chi connectivity index (χ4v) is 0.968. The van der Waals surface area contributed by atoms with Crippen LogP contribution in [0, 0.1) is 5.92 Å². The summed E-state index contributed by atoms with van der Waals surface area (Å²) < 4.78 is 14.0. The van der Waals surface area contributed by atoms with E-state index in [1.54, 1.807) is 6.92 Å². The Morgan fingerprint density at radius 3 is 2.22 bits per heavy atom. The average Bonchev–Trinajstić information content (AvgIpc) is 2.36. The third kappa shape index (κ3) is 7.65. The minimum absolute atomic E-state index is 0.115. The molecule has 104 valence electrons. The minimum Gasteiger partial charge on any atom is -0.469 e. The molecule has 1 atom stereocenters. The summed E-state index contributed by atoms with van der Waals surface area (Å²) in [7, 11) is 1.20. The zero-order chi connectivity index (χ0) is 14.0. The van der Waals surface area contributed by atoms with Crippen LogP contribution >= 0.6 is 0 Å². The fourth-order valence-electron chi connectivity index (χ4n) is 0.968. The summed E-state index contributed by atoms with van der Waals surface area (Å²) in [5.41, 5.74) is 0. The van der Waals surface area contributed by atoms with Gasteiger partial charge in [-0.05, 0) is 6.42 Å². The van der Waals surface area contributed by atoms with Crippen LogP contribution in [0.4, 0.5) is 0 Å². The number of carbonyl (C=O) groups excluding carboxylic acids is 3. The Kier molecular flexibility index (Phi) is 8.61. The summed E-state index contributed by atoms with van der Waals surface area (Å²) >= 11 is 0. The van der Waals surface area contributed by atoms with Crippen LogP contribution in [-0.4, -0.2) is 38.2 Å². The molecule has 0 amide bonds. The van der Waals surface area contributed by atoms with Crippen LogP contribution in [0.25, 0.3) is 0 Å². The van der Waals surface area contributed by atoms with Crippen LogP contribution in [0.1, 0.15) is 33.1 Å². The van der Waals surface area contributed by atoms with Crippen molar-refractivity contribution in [2.24, 2.45) is 5.92 Å². The quantitative estimate of drug-likeness (QED) is 0.281. The lowest BCUT2D eigenvalue weighted by Gasteiger charge is -2.09. The fraction of sp³-hybridized carbons (Fsp3) is 0.750. The molecule has 1 unspecified atom stereocenters. The van der Waals surface area contributed by atoms with Crippen molar-refractivity contribution in [1.82, 2.24) is 0 Å². The maximum absolute atomic E-state index is 11.3. The summed E-state index contributed by atoms with van der Waals surface area (Å²) in [6, 6.07) is 0. The summed E-state index contributed by atoms with van der Waals surface area (Å²) in [4.78, 5) is 33.0. The predicted octanol–water partition coefficient (Wildman–Crippen LogP) is 1.07. The molecule has 0 aromatic carbocycles. The second-order valence-electron chi connectivity index (χ2n) is 3.80. The van der Waals surface area contributed by atoms with Gasteiger partial charge in [-0.1, -0.05) is 13.8 Å². The molecule has 0 aromatic rings. The zero-order valence-electron chi connectivity index (χ0n) is 11.1. The molecule has 0 aliphatic carbocycles. The van der Waals surface area contributed by atoms with Crippen LogP contribution in [0.5, 0.6) is 0 Å². The highest BCUT2D eigenvalue weighted by Crippen LogP contribution is 2.03. The number of rotatable bonds is 8. The third-order valence-corrected chi connectivity index (χ3v) is 2.33. The van der Waals surface area contributed by atoms with Crippen molar-refractivity contribution >= 4 is 17.9 Å². The van der Waals surface area contributed by atoms with Crippen molar-refractivity contribution in [1.29, 1.82) is 0 Å². The normalized spacial score (nSPS) is 11.5. The van der Waals surface area contributed by atoms with Gasteiger partial charge in [0, 0.05) is 6.42 Å². The molecule has 0 rings (SSSR count). The van der Waals surface area contributed by atoms with E-state index in [9.17, 15) is 14.4 Å². The lowest BCUT2D eigenvalue weighted by molar-refractivity contribution is -0.153. The Morgan fingerprint density at radius 1 is 1.06 bits per heavy atom. The molecule has 0 aliphatic rings. The van der Waals surface area contributed by atoms with Crippen molar-refractivity contribution in [3.05, 3.63) is 0 Å². The molecule has 0 aliphatic heterocycles. The maximum Gasteiger partial charge on any atom is 0.317 e. The Labute approximate surface area is 107 Å². The van der Waals surface area contributed by atoms with E-state index in [1.165, 1.54) is 7.11 Å². The molecule has 0 bridgehead atoms. The molecule has 0 saturated carbocycles. The van der Waals surface area contributed by atoms with Gasteiger partial charge in [0.15, 0.2) is 0 Å². The summed E-state index contributed by atoms with van der Waals surface area (Å²) in [5, 5.41) is 0. The number of carbonyl (C=O) groups is 3. The van der Waals surface area contributed by atoms with Gasteiger partial charge in [-0.3, -0.25) is 14.4 Å². The van der Waals surface area contributed by atoms with Gasteiger partial charge in [0.25, 0.3) is 0 Å². The molecule has 0 saturated heterocycles. The number of hydrogen-bond donors (Lipinski definition) is 0. The average molecular weight is 260 g/mol. The van der Waals surface area contributed by atoms with Crippen LogP contribution in [0.15, 0.2) is 0 Å². The number of ether oxygens (including phenoxy) is 3. The summed E-state index contributed by atoms with van der Waals surface area (Å²) in [5.74, 6) is -1.65. The highest BCUT2D eigenvalue weighted by Gasteiger charge is 2.12. The van der Waals surface area contributed by atoms with Crippen molar-refractivity contribution in [2.45, 2.75) is 33.1 Å². The summed E-state index contributed by atoms with van der Waals surface area (Å²) in [6.07, 6.45) is 0.741. The van der Waals surface area contributed by atoms with Crippen LogP contribution in [0.3, 0.4) is 0 Å². The van der Waals surface area contributed by atoms with E-state index >= 15 is 0 Å². The van der Waals surface area contributed by atoms with Crippen LogP contribution in [-0.2, 0) is 28.6 Å². The molecular formula is C12H20O6. The van der Waals surface area contributed by atoms with E-state index in [4.69, 9.17) is 9.47 Å². The first-order valence-electron chi connectivity index (χ1n) is 5.90. The topological polar surface area (TPSA) is 78.9 Å². The van der Waals surface area contributed by atoms with E-state index < -0.39 is 18.4 Å². The Bertz CT molecular complexity index is 286. The zero-order valence-corrected chi connectivity index (χ0v) is 11.1. The maximum atomic E-state index is 11.3. The molecule has 0 aromatic heterocycles. The smallest absolute Gasteiger partial charge is 0.317 e. The van der Waals surface area contributed by atoms with Gasteiger partial charge < -0.3 is 14.2 Å². The lowest BCUT2D eigenvalue weighted by atomic mass is 10.1. The van der Waals surface area contributed by atoms with Gasteiger partial charge in [0.2, 0.25) is 0 Å². The first kappa shape index (κ1) is 16.4. The van der Waals surface area contributed by atoms with Gasteiger partial charge in [0.05, 0.1) is 26.2 Å². The van der Waals surface area contributed by atoms with Crippen molar-refractivity contribution in [3.63, 3.8) is 0 Å². The van der Waals surface area contributed by atoms with E-state index in [-0.39, 0.29) is 25.1 Å². The van der Waals surface area contributed by atoms with E-state index in [0.29, 0.717) is 6.42 Å². The van der Waals surface area contributed by atoms with Gasteiger partial charge >= 0.3 is 17.9 Å². The molecule has 18 heavy (non-hydrogen) atoms. The second-order valence-corrected chi connectivity index (χ2v) is 3.80. The van der Waals surface area contributed by atoms with E-state index in [1.807, 2.05) is 6.92 Å². The molecule has 0 heterocycles. The van der Waals surface area contributed by atoms with E-state index in [2.05, 4.69) is 4.74 Å². The minimum atomic E-state index is -0.643. The molecule has 0 spiro atoms. The Balaban J connectivity index is 3.54. The van der Waals surface area contributed by atoms with Crippen LogP contribution in [0.2, 0.25) is 0 Å².